The second-order valence-electron chi connectivity index (χ2n) is 5.12. The second kappa shape index (κ2) is 6.21. The fraction of sp³-hybridized carbons (Fsp3) is 0.571. The van der Waals surface area contributed by atoms with Gasteiger partial charge >= 0.3 is 0 Å². The van der Waals surface area contributed by atoms with Crippen LogP contribution in [0, 0.1) is 5.41 Å². The van der Waals surface area contributed by atoms with E-state index >= 15 is 0 Å². The van der Waals surface area contributed by atoms with E-state index in [0.717, 1.165) is 22.3 Å². The van der Waals surface area contributed by atoms with Crippen molar-refractivity contribution in [2.24, 2.45) is 5.41 Å². The fourth-order valence-electron chi connectivity index (χ4n) is 1.92. The van der Waals surface area contributed by atoms with E-state index in [1.807, 2.05) is 19.2 Å². The van der Waals surface area contributed by atoms with E-state index in [1.165, 1.54) is 5.56 Å². The average Bonchev–Trinajstić information content (AvgIpc) is 2.27. The molecule has 0 spiro atoms. The van der Waals surface area contributed by atoms with Crippen LogP contribution in [0.2, 0.25) is 5.02 Å². The van der Waals surface area contributed by atoms with Crippen molar-refractivity contribution >= 4 is 27.5 Å². The summed E-state index contributed by atoms with van der Waals surface area (Å²) >= 11 is 9.70. The summed E-state index contributed by atoms with van der Waals surface area (Å²) in [4.78, 5) is 0. The number of hydrogen-bond donors (Lipinski definition) is 1. The van der Waals surface area contributed by atoms with Gasteiger partial charge in [0.25, 0.3) is 0 Å². The van der Waals surface area contributed by atoms with Crippen molar-refractivity contribution < 1.29 is 0 Å². The number of benzene rings is 1. The molecule has 0 bridgehead atoms. The molecule has 3 heteroatoms. The SMILES string of the molecule is CCC(C)(C)C(Cc1ccc(Br)cc1Cl)NC. The normalized spacial score (nSPS) is 13.8. The summed E-state index contributed by atoms with van der Waals surface area (Å²) in [6.07, 6.45) is 2.11. The Morgan fingerprint density at radius 1 is 1.41 bits per heavy atom. The standard InChI is InChI=1S/C14H21BrClN/c1-5-14(2,3)13(17-4)8-10-6-7-11(15)9-12(10)16/h6-7,9,13,17H,5,8H2,1-4H3. The summed E-state index contributed by atoms with van der Waals surface area (Å²) < 4.78 is 1.03. The zero-order chi connectivity index (χ0) is 13.1. The van der Waals surface area contributed by atoms with Gasteiger partial charge < -0.3 is 5.32 Å². The highest BCUT2D eigenvalue weighted by molar-refractivity contribution is 9.10. The summed E-state index contributed by atoms with van der Waals surface area (Å²) in [7, 11) is 2.02. The molecule has 0 aliphatic rings. The first-order chi connectivity index (χ1) is 7.90. The molecule has 0 amide bonds. The van der Waals surface area contributed by atoms with Gasteiger partial charge in [0.1, 0.15) is 0 Å². The van der Waals surface area contributed by atoms with E-state index in [0.29, 0.717) is 6.04 Å². The molecule has 1 unspecified atom stereocenters. The lowest BCUT2D eigenvalue weighted by Crippen LogP contribution is -2.41. The predicted octanol–water partition coefficient (Wildman–Crippen LogP) is 4.67. The van der Waals surface area contributed by atoms with Gasteiger partial charge in [0, 0.05) is 15.5 Å². The lowest BCUT2D eigenvalue weighted by molar-refractivity contribution is 0.240. The summed E-state index contributed by atoms with van der Waals surface area (Å²) in [5.74, 6) is 0. The third-order valence-electron chi connectivity index (χ3n) is 3.64. The summed E-state index contributed by atoms with van der Waals surface area (Å²) in [5, 5.41) is 4.25. The van der Waals surface area contributed by atoms with Crippen LogP contribution in [0.5, 0.6) is 0 Å². The van der Waals surface area contributed by atoms with Gasteiger partial charge in [-0.15, -0.1) is 0 Å². The van der Waals surface area contributed by atoms with Crippen molar-refractivity contribution in [2.45, 2.75) is 39.7 Å². The number of halogens is 2. The lowest BCUT2D eigenvalue weighted by Gasteiger charge is -2.33. The van der Waals surface area contributed by atoms with E-state index < -0.39 is 0 Å². The van der Waals surface area contributed by atoms with Crippen LogP contribution in [0.4, 0.5) is 0 Å². The third-order valence-corrected chi connectivity index (χ3v) is 4.49. The Morgan fingerprint density at radius 2 is 2.06 bits per heavy atom. The van der Waals surface area contributed by atoms with Gasteiger partial charge in [-0.25, -0.2) is 0 Å². The topological polar surface area (TPSA) is 12.0 Å². The Morgan fingerprint density at radius 3 is 2.53 bits per heavy atom. The highest BCUT2D eigenvalue weighted by Gasteiger charge is 2.26. The smallest absolute Gasteiger partial charge is 0.0449 e. The molecule has 1 rings (SSSR count). The van der Waals surface area contributed by atoms with E-state index in [4.69, 9.17) is 11.6 Å². The Bertz CT molecular complexity index is 376. The van der Waals surface area contributed by atoms with Crippen LogP contribution in [-0.2, 0) is 6.42 Å². The van der Waals surface area contributed by atoms with Crippen molar-refractivity contribution in [1.29, 1.82) is 0 Å². The van der Waals surface area contributed by atoms with Crippen LogP contribution < -0.4 is 5.32 Å². The van der Waals surface area contributed by atoms with Crippen LogP contribution in [-0.4, -0.2) is 13.1 Å². The molecule has 0 aliphatic heterocycles. The largest absolute Gasteiger partial charge is 0.316 e. The molecule has 17 heavy (non-hydrogen) atoms. The van der Waals surface area contributed by atoms with Gasteiger partial charge in [-0.05, 0) is 43.0 Å². The average molecular weight is 319 g/mol. The minimum absolute atomic E-state index is 0.269. The van der Waals surface area contributed by atoms with E-state index in [2.05, 4.69) is 48.1 Å². The minimum atomic E-state index is 0.269. The molecule has 0 aromatic heterocycles. The number of likely N-dealkylation sites (N-methyl/N-ethyl adjacent to an activating group) is 1. The van der Waals surface area contributed by atoms with Crippen LogP contribution in [0.1, 0.15) is 32.8 Å². The maximum atomic E-state index is 6.27. The van der Waals surface area contributed by atoms with Crippen molar-refractivity contribution in [3.63, 3.8) is 0 Å². The molecule has 0 saturated heterocycles. The predicted molar refractivity (Wildman–Crippen MR) is 79.8 cm³/mol. The van der Waals surface area contributed by atoms with Crippen LogP contribution in [0.25, 0.3) is 0 Å². The summed E-state index contributed by atoms with van der Waals surface area (Å²) in [6.45, 7) is 6.81. The first-order valence-electron chi connectivity index (χ1n) is 6.02. The molecule has 0 aliphatic carbocycles. The Balaban J connectivity index is 2.88. The maximum absolute atomic E-state index is 6.27. The molecule has 1 nitrogen and oxygen atoms in total. The van der Waals surface area contributed by atoms with Gasteiger partial charge in [0.2, 0.25) is 0 Å². The molecule has 96 valence electrons. The van der Waals surface area contributed by atoms with Gasteiger partial charge in [0.15, 0.2) is 0 Å². The molecule has 1 aromatic carbocycles. The van der Waals surface area contributed by atoms with Gasteiger partial charge in [-0.3, -0.25) is 0 Å². The molecule has 0 heterocycles. The third kappa shape index (κ3) is 3.97. The molecule has 0 fully saturated rings. The highest BCUT2D eigenvalue weighted by Crippen LogP contribution is 2.30. The van der Waals surface area contributed by atoms with Gasteiger partial charge in [0.05, 0.1) is 0 Å². The van der Waals surface area contributed by atoms with E-state index in [-0.39, 0.29) is 5.41 Å². The summed E-state index contributed by atoms with van der Waals surface area (Å²) in [5.41, 5.74) is 1.47. The number of nitrogens with one attached hydrogen (secondary N) is 1. The molecule has 0 radical (unpaired) electrons. The summed E-state index contributed by atoms with van der Waals surface area (Å²) in [6, 6.07) is 6.55. The quantitative estimate of drug-likeness (QED) is 0.832. The molecule has 1 aromatic rings. The zero-order valence-corrected chi connectivity index (χ0v) is 13.3. The molecular formula is C14H21BrClN. The first-order valence-corrected chi connectivity index (χ1v) is 7.19. The number of hydrogen-bond acceptors (Lipinski definition) is 1. The molecule has 0 saturated carbocycles. The fourth-order valence-corrected chi connectivity index (χ4v) is 2.67. The Kier molecular flexibility index (Phi) is 5.49. The van der Waals surface area contributed by atoms with E-state index in [9.17, 15) is 0 Å². The van der Waals surface area contributed by atoms with Crippen molar-refractivity contribution in [3.05, 3.63) is 33.3 Å². The second-order valence-corrected chi connectivity index (χ2v) is 6.45. The molecular weight excluding hydrogens is 298 g/mol. The van der Waals surface area contributed by atoms with Gasteiger partial charge in [-0.1, -0.05) is 54.4 Å². The van der Waals surface area contributed by atoms with Crippen molar-refractivity contribution in [2.75, 3.05) is 7.05 Å². The molecule has 1 N–H and O–H groups in total. The number of rotatable bonds is 5. The van der Waals surface area contributed by atoms with Crippen molar-refractivity contribution in [3.8, 4) is 0 Å². The zero-order valence-electron chi connectivity index (χ0n) is 11.0. The molecule has 1 atom stereocenters. The lowest BCUT2D eigenvalue weighted by atomic mass is 9.79. The first kappa shape index (κ1) is 15.0. The Hall–Kier alpha value is -0.0500. The minimum Gasteiger partial charge on any atom is -0.316 e. The highest BCUT2D eigenvalue weighted by atomic mass is 79.9. The monoisotopic (exact) mass is 317 g/mol. The van der Waals surface area contributed by atoms with Crippen LogP contribution in [0.3, 0.4) is 0 Å². The van der Waals surface area contributed by atoms with Crippen molar-refractivity contribution in [1.82, 2.24) is 5.32 Å². The van der Waals surface area contributed by atoms with E-state index in [1.54, 1.807) is 0 Å². The Labute approximate surface area is 118 Å². The van der Waals surface area contributed by atoms with Crippen LogP contribution >= 0.6 is 27.5 Å². The van der Waals surface area contributed by atoms with Crippen LogP contribution in [0.15, 0.2) is 22.7 Å². The maximum Gasteiger partial charge on any atom is 0.0449 e. The van der Waals surface area contributed by atoms with Gasteiger partial charge in [-0.2, -0.15) is 0 Å².